The third-order valence-electron chi connectivity index (χ3n) is 6.26. The SMILES string of the molecule is Cc1cccc(C(=O)NCCC(=O)NCC2(c3ccc4c(c3)OCCO4)CCCC2)c1. The van der Waals surface area contributed by atoms with Crippen molar-refractivity contribution in [2.75, 3.05) is 26.3 Å². The van der Waals surface area contributed by atoms with Crippen molar-refractivity contribution in [3.05, 3.63) is 59.2 Å². The maximum absolute atomic E-state index is 12.5. The van der Waals surface area contributed by atoms with E-state index < -0.39 is 0 Å². The van der Waals surface area contributed by atoms with E-state index in [0.717, 1.165) is 42.7 Å². The molecule has 2 aromatic rings. The average Bonchev–Trinajstić information content (AvgIpc) is 3.27. The Balaban J connectivity index is 1.31. The number of nitrogens with one attached hydrogen (secondary N) is 2. The van der Waals surface area contributed by atoms with Crippen molar-refractivity contribution in [3.63, 3.8) is 0 Å². The molecule has 1 heterocycles. The lowest BCUT2D eigenvalue weighted by Crippen LogP contribution is -2.40. The average molecular weight is 423 g/mol. The van der Waals surface area contributed by atoms with Crippen molar-refractivity contribution >= 4 is 11.8 Å². The number of carbonyl (C=O) groups is 2. The second-order valence-corrected chi connectivity index (χ2v) is 8.50. The van der Waals surface area contributed by atoms with Crippen LogP contribution in [0.25, 0.3) is 0 Å². The van der Waals surface area contributed by atoms with Crippen LogP contribution in [-0.2, 0) is 10.2 Å². The second kappa shape index (κ2) is 9.41. The molecule has 0 atom stereocenters. The third-order valence-corrected chi connectivity index (χ3v) is 6.26. The van der Waals surface area contributed by atoms with Crippen LogP contribution in [0.3, 0.4) is 0 Å². The molecule has 0 bridgehead atoms. The predicted octanol–water partition coefficient (Wildman–Crippen LogP) is 3.51. The Morgan fingerprint density at radius 3 is 2.52 bits per heavy atom. The molecule has 0 saturated heterocycles. The number of hydrogen-bond acceptors (Lipinski definition) is 4. The molecule has 1 fully saturated rings. The first-order valence-electron chi connectivity index (χ1n) is 11.1. The molecule has 2 aromatic carbocycles. The Bertz CT molecular complexity index is 950. The molecule has 6 nitrogen and oxygen atoms in total. The van der Waals surface area contributed by atoms with Crippen molar-refractivity contribution in [3.8, 4) is 11.5 Å². The van der Waals surface area contributed by atoms with E-state index in [9.17, 15) is 9.59 Å². The van der Waals surface area contributed by atoms with E-state index in [2.05, 4.69) is 22.8 Å². The summed E-state index contributed by atoms with van der Waals surface area (Å²) in [6.07, 6.45) is 4.64. The molecule has 31 heavy (non-hydrogen) atoms. The van der Waals surface area contributed by atoms with Crippen molar-refractivity contribution in [2.24, 2.45) is 0 Å². The highest BCUT2D eigenvalue weighted by Crippen LogP contribution is 2.43. The number of benzene rings is 2. The van der Waals surface area contributed by atoms with Gasteiger partial charge in [-0.25, -0.2) is 0 Å². The van der Waals surface area contributed by atoms with E-state index in [1.54, 1.807) is 6.07 Å². The fraction of sp³-hybridized carbons (Fsp3) is 0.440. The lowest BCUT2D eigenvalue weighted by atomic mass is 9.78. The number of fused-ring (bicyclic) bond motifs is 1. The number of rotatable bonds is 7. The van der Waals surface area contributed by atoms with Crippen molar-refractivity contribution < 1.29 is 19.1 Å². The molecule has 2 N–H and O–H groups in total. The van der Waals surface area contributed by atoms with Crippen molar-refractivity contribution in [1.29, 1.82) is 0 Å². The lowest BCUT2D eigenvalue weighted by molar-refractivity contribution is -0.121. The van der Waals surface area contributed by atoms with Crippen LogP contribution in [0.5, 0.6) is 11.5 Å². The standard InChI is InChI=1S/C25H30N2O4/c1-18-5-4-6-19(15-18)24(29)26-12-9-23(28)27-17-25(10-2-3-11-25)20-7-8-21-22(16-20)31-14-13-30-21/h4-8,15-16H,2-3,9-14,17H2,1H3,(H,26,29)(H,27,28). The smallest absolute Gasteiger partial charge is 0.251 e. The maximum Gasteiger partial charge on any atom is 0.251 e. The molecule has 164 valence electrons. The van der Waals surface area contributed by atoms with Crippen molar-refractivity contribution in [2.45, 2.75) is 44.4 Å². The zero-order chi connectivity index (χ0) is 21.7. The topological polar surface area (TPSA) is 76.7 Å². The van der Waals surface area contributed by atoms with Gasteiger partial charge in [0.15, 0.2) is 11.5 Å². The van der Waals surface area contributed by atoms with Gasteiger partial charge < -0.3 is 20.1 Å². The molecule has 6 heteroatoms. The molecule has 0 aromatic heterocycles. The van der Waals surface area contributed by atoms with Gasteiger partial charge in [0.25, 0.3) is 5.91 Å². The van der Waals surface area contributed by atoms with Gasteiger partial charge in [-0.3, -0.25) is 9.59 Å². The van der Waals surface area contributed by atoms with E-state index in [1.807, 2.05) is 31.2 Å². The summed E-state index contributed by atoms with van der Waals surface area (Å²) in [5.74, 6) is 1.38. The van der Waals surface area contributed by atoms with Gasteiger partial charge in [0, 0.05) is 30.5 Å². The minimum absolute atomic E-state index is 0.0478. The van der Waals surface area contributed by atoms with E-state index in [4.69, 9.17) is 9.47 Å². The quantitative estimate of drug-likeness (QED) is 0.716. The first kappa shape index (κ1) is 21.2. The summed E-state index contributed by atoms with van der Waals surface area (Å²) in [5, 5.41) is 5.93. The Labute approximate surface area is 183 Å². The zero-order valence-electron chi connectivity index (χ0n) is 18.0. The summed E-state index contributed by atoms with van der Waals surface area (Å²) in [5.41, 5.74) is 2.77. The van der Waals surface area contributed by atoms with Crippen LogP contribution in [0.4, 0.5) is 0 Å². The zero-order valence-corrected chi connectivity index (χ0v) is 18.0. The molecule has 1 aliphatic carbocycles. The van der Waals surface area contributed by atoms with E-state index >= 15 is 0 Å². The van der Waals surface area contributed by atoms with Crippen LogP contribution in [0, 0.1) is 6.92 Å². The molecule has 2 amide bonds. The van der Waals surface area contributed by atoms with Gasteiger partial charge in [-0.15, -0.1) is 0 Å². The Morgan fingerprint density at radius 2 is 1.74 bits per heavy atom. The number of carbonyl (C=O) groups excluding carboxylic acids is 2. The second-order valence-electron chi connectivity index (χ2n) is 8.50. The highest BCUT2D eigenvalue weighted by molar-refractivity contribution is 5.94. The van der Waals surface area contributed by atoms with Gasteiger partial charge in [0.2, 0.25) is 5.91 Å². The number of amides is 2. The summed E-state index contributed by atoms with van der Waals surface area (Å²) < 4.78 is 11.4. The van der Waals surface area contributed by atoms with Crippen LogP contribution in [0.15, 0.2) is 42.5 Å². The number of hydrogen-bond donors (Lipinski definition) is 2. The van der Waals surface area contributed by atoms with Gasteiger partial charge in [-0.2, -0.15) is 0 Å². The highest BCUT2D eigenvalue weighted by Gasteiger charge is 2.36. The van der Waals surface area contributed by atoms with Gasteiger partial charge in [-0.1, -0.05) is 36.6 Å². The molecular weight excluding hydrogens is 392 g/mol. The minimum atomic E-state index is -0.153. The van der Waals surface area contributed by atoms with Crippen LogP contribution in [0.2, 0.25) is 0 Å². The van der Waals surface area contributed by atoms with Gasteiger partial charge in [0.05, 0.1) is 0 Å². The summed E-state index contributed by atoms with van der Waals surface area (Å²) in [4.78, 5) is 24.7. The molecule has 2 aliphatic rings. The van der Waals surface area contributed by atoms with Crippen molar-refractivity contribution in [1.82, 2.24) is 10.6 Å². The summed E-state index contributed by atoms with van der Waals surface area (Å²) in [7, 11) is 0. The van der Waals surface area contributed by atoms with E-state index in [0.29, 0.717) is 31.9 Å². The molecule has 0 radical (unpaired) electrons. The largest absolute Gasteiger partial charge is 0.486 e. The molecule has 4 rings (SSSR count). The lowest BCUT2D eigenvalue weighted by Gasteiger charge is -2.31. The Kier molecular flexibility index (Phi) is 6.44. The summed E-state index contributed by atoms with van der Waals surface area (Å²) in [6.45, 7) is 4.00. The fourth-order valence-corrected chi connectivity index (χ4v) is 4.53. The Hall–Kier alpha value is -3.02. The Morgan fingerprint density at radius 1 is 0.968 bits per heavy atom. The molecule has 1 aliphatic heterocycles. The monoisotopic (exact) mass is 422 g/mol. The number of ether oxygens (including phenoxy) is 2. The highest BCUT2D eigenvalue weighted by atomic mass is 16.6. The maximum atomic E-state index is 12.5. The minimum Gasteiger partial charge on any atom is -0.486 e. The fourth-order valence-electron chi connectivity index (χ4n) is 4.53. The molecule has 0 spiro atoms. The van der Waals surface area contributed by atoms with Gasteiger partial charge in [0.1, 0.15) is 13.2 Å². The first-order valence-corrected chi connectivity index (χ1v) is 11.1. The van der Waals surface area contributed by atoms with E-state index in [1.165, 1.54) is 5.56 Å². The first-order chi connectivity index (χ1) is 15.1. The third kappa shape index (κ3) is 5.01. The van der Waals surface area contributed by atoms with Crippen LogP contribution in [0.1, 0.15) is 53.6 Å². The van der Waals surface area contributed by atoms with Gasteiger partial charge in [-0.05, 0) is 49.6 Å². The molecule has 1 saturated carbocycles. The van der Waals surface area contributed by atoms with E-state index in [-0.39, 0.29) is 23.7 Å². The van der Waals surface area contributed by atoms with Crippen LogP contribution in [-0.4, -0.2) is 38.1 Å². The summed E-state index contributed by atoms with van der Waals surface area (Å²) in [6, 6.07) is 13.6. The molecule has 0 unspecified atom stereocenters. The number of aryl methyl sites for hydroxylation is 1. The molecular formula is C25H30N2O4. The summed E-state index contributed by atoms with van der Waals surface area (Å²) >= 11 is 0. The van der Waals surface area contributed by atoms with Crippen LogP contribution < -0.4 is 20.1 Å². The predicted molar refractivity (Wildman–Crippen MR) is 119 cm³/mol. The normalized spacial score (nSPS) is 16.5. The van der Waals surface area contributed by atoms with Gasteiger partial charge >= 0.3 is 0 Å². The van der Waals surface area contributed by atoms with Crippen LogP contribution >= 0.6 is 0 Å².